The minimum Gasteiger partial charge on any atom is -0.389 e. The first-order valence-corrected chi connectivity index (χ1v) is 5.64. The number of hydrogen-bond acceptors (Lipinski definition) is 2. The molecule has 0 saturated carbocycles. The molecule has 17 heavy (non-hydrogen) atoms. The Hall–Kier alpha value is -1.93. The number of ketones is 1. The SMILES string of the molecule is CC(O)c1ccc2c(c1)C(=O)c1ccccc1-2. The number of carbonyl (C=O) groups excluding carboxylic acids is 1. The van der Waals surface area contributed by atoms with Gasteiger partial charge in [0.15, 0.2) is 5.78 Å². The van der Waals surface area contributed by atoms with Crippen molar-refractivity contribution in [1.82, 2.24) is 0 Å². The Morgan fingerprint density at radius 2 is 1.59 bits per heavy atom. The highest BCUT2D eigenvalue weighted by atomic mass is 16.3. The Morgan fingerprint density at radius 1 is 0.941 bits per heavy atom. The van der Waals surface area contributed by atoms with Crippen molar-refractivity contribution >= 4 is 5.78 Å². The molecule has 1 N–H and O–H groups in total. The Labute approximate surface area is 99.5 Å². The maximum atomic E-state index is 12.2. The molecule has 0 amide bonds. The quantitative estimate of drug-likeness (QED) is 0.690. The maximum Gasteiger partial charge on any atom is 0.194 e. The lowest BCUT2D eigenvalue weighted by Crippen LogP contribution is -1.98. The minimum atomic E-state index is -0.545. The van der Waals surface area contributed by atoms with Crippen LogP contribution in [0.15, 0.2) is 42.5 Å². The van der Waals surface area contributed by atoms with Gasteiger partial charge in [-0.05, 0) is 29.7 Å². The lowest BCUT2D eigenvalue weighted by Gasteiger charge is -2.06. The van der Waals surface area contributed by atoms with E-state index in [1.165, 1.54) is 0 Å². The molecular formula is C15H12O2. The largest absolute Gasteiger partial charge is 0.389 e. The van der Waals surface area contributed by atoms with E-state index in [1.807, 2.05) is 36.4 Å². The lowest BCUT2D eigenvalue weighted by atomic mass is 10.0. The van der Waals surface area contributed by atoms with Crippen molar-refractivity contribution in [3.05, 3.63) is 59.2 Å². The Kier molecular flexibility index (Phi) is 2.13. The van der Waals surface area contributed by atoms with Crippen molar-refractivity contribution < 1.29 is 9.90 Å². The van der Waals surface area contributed by atoms with Crippen molar-refractivity contribution in [1.29, 1.82) is 0 Å². The fourth-order valence-corrected chi connectivity index (χ4v) is 2.31. The summed E-state index contributed by atoms with van der Waals surface area (Å²) < 4.78 is 0. The molecule has 2 aromatic carbocycles. The van der Waals surface area contributed by atoms with E-state index in [1.54, 1.807) is 13.0 Å². The third-order valence-electron chi connectivity index (χ3n) is 3.23. The normalized spacial score (nSPS) is 14.4. The average Bonchev–Trinajstić information content (AvgIpc) is 2.64. The van der Waals surface area contributed by atoms with Crippen molar-refractivity contribution in [2.75, 3.05) is 0 Å². The van der Waals surface area contributed by atoms with Gasteiger partial charge in [0.1, 0.15) is 0 Å². The summed E-state index contributed by atoms with van der Waals surface area (Å²) in [6.07, 6.45) is -0.545. The molecule has 0 spiro atoms. The van der Waals surface area contributed by atoms with E-state index in [4.69, 9.17) is 0 Å². The van der Waals surface area contributed by atoms with Crippen LogP contribution >= 0.6 is 0 Å². The van der Waals surface area contributed by atoms with E-state index >= 15 is 0 Å². The van der Waals surface area contributed by atoms with Gasteiger partial charge in [-0.15, -0.1) is 0 Å². The lowest BCUT2D eigenvalue weighted by molar-refractivity contribution is 0.104. The summed E-state index contributed by atoms with van der Waals surface area (Å²) in [7, 11) is 0. The Balaban J connectivity index is 2.24. The highest BCUT2D eigenvalue weighted by Gasteiger charge is 2.26. The standard InChI is InChI=1S/C15H12O2/c1-9(16)10-6-7-12-11-4-2-3-5-13(11)15(17)14(12)8-10/h2-9,16H,1H3. The van der Waals surface area contributed by atoms with Crippen molar-refractivity contribution in [2.24, 2.45) is 0 Å². The van der Waals surface area contributed by atoms with E-state index in [2.05, 4.69) is 0 Å². The fraction of sp³-hybridized carbons (Fsp3) is 0.133. The summed E-state index contributed by atoms with van der Waals surface area (Å²) in [6, 6.07) is 13.2. The molecule has 84 valence electrons. The van der Waals surface area contributed by atoms with Crippen LogP contribution < -0.4 is 0 Å². The second-order valence-corrected chi connectivity index (χ2v) is 4.36. The molecular weight excluding hydrogens is 212 g/mol. The van der Waals surface area contributed by atoms with Crippen LogP contribution in [0.4, 0.5) is 0 Å². The molecule has 2 heteroatoms. The first-order valence-electron chi connectivity index (χ1n) is 5.64. The van der Waals surface area contributed by atoms with E-state index in [9.17, 15) is 9.90 Å². The van der Waals surface area contributed by atoms with Gasteiger partial charge in [0, 0.05) is 11.1 Å². The average molecular weight is 224 g/mol. The van der Waals surface area contributed by atoms with Crippen LogP contribution in [-0.2, 0) is 0 Å². The zero-order chi connectivity index (χ0) is 12.0. The predicted octanol–water partition coefficient (Wildman–Crippen LogP) is 2.95. The van der Waals surface area contributed by atoms with E-state index in [0.29, 0.717) is 5.56 Å². The zero-order valence-electron chi connectivity index (χ0n) is 9.47. The number of rotatable bonds is 1. The second kappa shape index (κ2) is 3.54. The molecule has 1 aliphatic rings. The van der Waals surface area contributed by atoms with Crippen molar-refractivity contribution in [3.8, 4) is 11.1 Å². The van der Waals surface area contributed by atoms with E-state index in [-0.39, 0.29) is 5.78 Å². The second-order valence-electron chi connectivity index (χ2n) is 4.36. The molecule has 2 nitrogen and oxygen atoms in total. The molecule has 3 rings (SSSR count). The monoisotopic (exact) mass is 224 g/mol. The van der Waals surface area contributed by atoms with Crippen molar-refractivity contribution in [2.45, 2.75) is 13.0 Å². The number of carbonyl (C=O) groups is 1. The summed E-state index contributed by atoms with van der Waals surface area (Å²) in [5.41, 5.74) is 4.19. The fourth-order valence-electron chi connectivity index (χ4n) is 2.31. The first kappa shape index (κ1) is 10.2. The smallest absolute Gasteiger partial charge is 0.194 e. The summed E-state index contributed by atoms with van der Waals surface area (Å²) in [6.45, 7) is 1.70. The zero-order valence-corrected chi connectivity index (χ0v) is 9.47. The van der Waals surface area contributed by atoms with Crippen LogP contribution in [0.5, 0.6) is 0 Å². The van der Waals surface area contributed by atoms with Gasteiger partial charge >= 0.3 is 0 Å². The molecule has 1 unspecified atom stereocenters. The number of aliphatic hydroxyl groups excluding tert-OH is 1. The van der Waals surface area contributed by atoms with Crippen LogP contribution in [0, 0.1) is 0 Å². The molecule has 0 bridgehead atoms. The number of hydrogen-bond donors (Lipinski definition) is 1. The first-order chi connectivity index (χ1) is 8.18. The number of fused-ring (bicyclic) bond motifs is 3. The molecule has 1 atom stereocenters. The molecule has 1 aliphatic carbocycles. The van der Waals surface area contributed by atoms with Gasteiger partial charge < -0.3 is 5.11 Å². The van der Waals surface area contributed by atoms with E-state index < -0.39 is 6.10 Å². The third-order valence-corrected chi connectivity index (χ3v) is 3.23. The summed E-state index contributed by atoms with van der Waals surface area (Å²) in [5.74, 6) is 0.0538. The highest BCUT2D eigenvalue weighted by molar-refractivity contribution is 6.21. The molecule has 0 aromatic heterocycles. The van der Waals surface area contributed by atoms with E-state index in [0.717, 1.165) is 22.3 Å². The summed E-state index contributed by atoms with van der Waals surface area (Å²) in [4.78, 5) is 12.2. The van der Waals surface area contributed by atoms with Gasteiger partial charge in [-0.3, -0.25) is 4.79 Å². The van der Waals surface area contributed by atoms with Gasteiger partial charge in [0.25, 0.3) is 0 Å². The highest BCUT2D eigenvalue weighted by Crippen LogP contribution is 2.37. The molecule has 0 heterocycles. The number of benzene rings is 2. The van der Waals surface area contributed by atoms with Gasteiger partial charge in [-0.25, -0.2) is 0 Å². The minimum absolute atomic E-state index is 0.0538. The van der Waals surface area contributed by atoms with Crippen LogP contribution in [-0.4, -0.2) is 10.9 Å². The molecule has 0 radical (unpaired) electrons. The van der Waals surface area contributed by atoms with Crippen LogP contribution in [0.2, 0.25) is 0 Å². The van der Waals surface area contributed by atoms with Gasteiger partial charge in [0.2, 0.25) is 0 Å². The molecule has 2 aromatic rings. The van der Waals surface area contributed by atoms with Gasteiger partial charge in [-0.1, -0.05) is 36.4 Å². The number of aliphatic hydroxyl groups is 1. The Morgan fingerprint density at radius 3 is 2.29 bits per heavy atom. The molecule has 0 fully saturated rings. The summed E-state index contributed by atoms with van der Waals surface area (Å²) >= 11 is 0. The van der Waals surface area contributed by atoms with Gasteiger partial charge in [0.05, 0.1) is 6.10 Å². The molecule has 0 saturated heterocycles. The predicted molar refractivity (Wildman–Crippen MR) is 65.9 cm³/mol. The van der Waals surface area contributed by atoms with Gasteiger partial charge in [-0.2, -0.15) is 0 Å². The van der Waals surface area contributed by atoms with Crippen molar-refractivity contribution in [3.63, 3.8) is 0 Å². The Bertz CT molecular complexity index is 612. The summed E-state index contributed by atoms with van der Waals surface area (Å²) in [5, 5.41) is 9.55. The van der Waals surface area contributed by atoms with Crippen LogP contribution in [0.1, 0.15) is 34.5 Å². The van der Waals surface area contributed by atoms with Crippen LogP contribution in [0.25, 0.3) is 11.1 Å². The maximum absolute atomic E-state index is 12.2. The van der Waals surface area contributed by atoms with Crippen LogP contribution in [0.3, 0.4) is 0 Å². The molecule has 0 aliphatic heterocycles. The third kappa shape index (κ3) is 1.41. The topological polar surface area (TPSA) is 37.3 Å².